The number of rotatable bonds is 9. The molecule has 0 aliphatic heterocycles. The quantitative estimate of drug-likeness (QED) is 0.560. The van der Waals surface area contributed by atoms with E-state index in [0.29, 0.717) is 17.3 Å². The monoisotopic (exact) mass is 404 g/mol. The third-order valence-electron chi connectivity index (χ3n) is 3.82. The first-order valence-electron chi connectivity index (χ1n) is 8.77. The number of ether oxygens (including phenoxy) is 1. The molecule has 0 saturated carbocycles. The average molecular weight is 404 g/mol. The Labute approximate surface area is 164 Å². The number of pyridine rings is 1. The topological polar surface area (TPSA) is 110 Å². The molecule has 1 aromatic carbocycles. The lowest BCUT2D eigenvalue weighted by molar-refractivity contribution is -0.121. The standard InChI is InChI=1S/C19H18F2N4O4/c20-15-4-3-14(8-16(15)21)28-11-13(26)10-23-17(27)5-6-18-24-19(25-29-18)12-2-1-7-22-9-12/h1-4,7-9,13,26H,5-6,10-11H2,(H,23,27). The molecule has 152 valence electrons. The van der Waals surface area contributed by atoms with Crippen LogP contribution in [-0.4, -0.2) is 45.4 Å². The van der Waals surface area contributed by atoms with Gasteiger partial charge >= 0.3 is 0 Å². The van der Waals surface area contributed by atoms with Gasteiger partial charge in [-0.1, -0.05) is 5.16 Å². The van der Waals surface area contributed by atoms with Crippen molar-refractivity contribution in [3.8, 4) is 17.1 Å². The summed E-state index contributed by atoms with van der Waals surface area (Å²) in [5.41, 5.74) is 0.705. The SMILES string of the molecule is O=C(CCc1nc(-c2cccnc2)no1)NCC(O)COc1ccc(F)c(F)c1. The Morgan fingerprint density at radius 1 is 1.28 bits per heavy atom. The first-order chi connectivity index (χ1) is 14.0. The maximum atomic E-state index is 13.1. The number of aliphatic hydroxyl groups excluding tert-OH is 1. The maximum absolute atomic E-state index is 13.1. The summed E-state index contributed by atoms with van der Waals surface area (Å²) in [6.45, 7) is -0.253. The zero-order valence-corrected chi connectivity index (χ0v) is 15.2. The second kappa shape index (κ2) is 9.69. The number of carbonyl (C=O) groups excluding carboxylic acids is 1. The Balaban J connectivity index is 1.37. The Hall–Kier alpha value is -3.40. The number of nitrogens with zero attached hydrogens (tertiary/aromatic N) is 3. The van der Waals surface area contributed by atoms with E-state index in [1.54, 1.807) is 24.5 Å². The molecule has 8 nitrogen and oxygen atoms in total. The van der Waals surface area contributed by atoms with Crippen LogP contribution in [0.15, 0.2) is 47.2 Å². The minimum atomic E-state index is -1.04. The van der Waals surface area contributed by atoms with Crippen LogP contribution in [0.1, 0.15) is 12.3 Å². The predicted octanol–water partition coefficient (Wildman–Crippen LogP) is 1.90. The highest BCUT2D eigenvalue weighted by atomic mass is 19.2. The lowest BCUT2D eigenvalue weighted by atomic mass is 10.2. The van der Waals surface area contributed by atoms with Gasteiger partial charge in [-0.25, -0.2) is 8.78 Å². The van der Waals surface area contributed by atoms with Crippen molar-refractivity contribution in [2.24, 2.45) is 0 Å². The van der Waals surface area contributed by atoms with Crippen molar-refractivity contribution in [3.63, 3.8) is 0 Å². The molecule has 29 heavy (non-hydrogen) atoms. The van der Waals surface area contributed by atoms with Crippen LogP contribution in [0.25, 0.3) is 11.4 Å². The van der Waals surface area contributed by atoms with Crippen LogP contribution in [0, 0.1) is 11.6 Å². The number of hydrogen-bond donors (Lipinski definition) is 2. The second-order valence-electron chi connectivity index (χ2n) is 6.10. The Bertz CT molecular complexity index is 952. The summed E-state index contributed by atoms with van der Waals surface area (Å²) in [6, 6.07) is 6.59. The van der Waals surface area contributed by atoms with Crippen LogP contribution in [0.5, 0.6) is 5.75 Å². The summed E-state index contributed by atoms with van der Waals surface area (Å²) in [5.74, 6) is -1.58. The van der Waals surface area contributed by atoms with E-state index in [0.717, 1.165) is 12.1 Å². The van der Waals surface area contributed by atoms with Crippen LogP contribution in [0.2, 0.25) is 0 Å². The summed E-state index contributed by atoms with van der Waals surface area (Å²) < 4.78 is 36.2. The normalized spacial score (nSPS) is 11.8. The summed E-state index contributed by atoms with van der Waals surface area (Å²) in [4.78, 5) is 20.1. The van der Waals surface area contributed by atoms with Crippen molar-refractivity contribution in [1.82, 2.24) is 20.4 Å². The van der Waals surface area contributed by atoms with Gasteiger partial charge in [0.2, 0.25) is 17.6 Å². The lowest BCUT2D eigenvalue weighted by Gasteiger charge is -2.13. The van der Waals surface area contributed by atoms with Crippen LogP contribution < -0.4 is 10.1 Å². The van der Waals surface area contributed by atoms with Crippen LogP contribution in [0.3, 0.4) is 0 Å². The number of amides is 1. The van der Waals surface area contributed by atoms with E-state index in [2.05, 4.69) is 20.4 Å². The van der Waals surface area contributed by atoms with Gasteiger partial charge in [0.15, 0.2) is 11.6 Å². The molecule has 0 saturated heterocycles. The summed E-state index contributed by atoms with van der Waals surface area (Å²) >= 11 is 0. The van der Waals surface area contributed by atoms with Gasteiger partial charge < -0.3 is 19.7 Å². The van der Waals surface area contributed by atoms with Crippen LogP contribution >= 0.6 is 0 Å². The summed E-state index contributed by atoms with van der Waals surface area (Å²) in [6.07, 6.45) is 2.54. The number of carbonyl (C=O) groups is 1. The molecule has 2 N–H and O–H groups in total. The number of aromatic nitrogens is 3. The molecule has 0 bridgehead atoms. The van der Waals surface area contributed by atoms with Gasteiger partial charge in [0.1, 0.15) is 18.5 Å². The Morgan fingerprint density at radius 3 is 2.90 bits per heavy atom. The molecule has 3 aromatic rings. The van der Waals surface area contributed by atoms with Crippen molar-refractivity contribution >= 4 is 5.91 Å². The zero-order chi connectivity index (χ0) is 20.6. The van der Waals surface area contributed by atoms with Gasteiger partial charge in [0, 0.05) is 43.4 Å². The number of hydrogen-bond acceptors (Lipinski definition) is 7. The fourth-order valence-electron chi connectivity index (χ4n) is 2.33. The number of halogens is 2. The van der Waals surface area contributed by atoms with Gasteiger partial charge in [-0.2, -0.15) is 4.98 Å². The molecule has 10 heteroatoms. The Kier molecular flexibility index (Phi) is 6.80. The highest BCUT2D eigenvalue weighted by Crippen LogP contribution is 2.16. The molecule has 2 aromatic heterocycles. The van der Waals surface area contributed by atoms with Gasteiger partial charge in [0.25, 0.3) is 0 Å². The van der Waals surface area contributed by atoms with Gasteiger partial charge in [-0.15, -0.1) is 0 Å². The lowest BCUT2D eigenvalue weighted by Crippen LogP contribution is -2.35. The van der Waals surface area contributed by atoms with E-state index in [9.17, 15) is 18.7 Å². The third kappa shape index (κ3) is 6.04. The summed E-state index contributed by atoms with van der Waals surface area (Å²) in [7, 11) is 0. The van der Waals surface area contributed by atoms with Crippen molar-refractivity contribution < 1.29 is 27.9 Å². The van der Waals surface area contributed by atoms with E-state index in [-0.39, 0.29) is 37.6 Å². The first-order valence-corrected chi connectivity index (χ1v) is 8.77. The summed E-state index contributed by atoms with van der Waals surface area (Å²) in [5, 5.41) is 16.2. The zero-order valence-electron chi connectivity index (χ0n) is 15.2. The minimum absolute atomic E-state index is 0.0622. The molecule has 1 atom stereocenters. The van der Waals surface area contributed by atoms with E-state index in [1.807, 2.05) is 0 Å². The number of benzene rings is 1. The highest BCUT2D eigenvalue weighted by Gasteiger charge is 2.13. The van der Waals surface area contributed by atoms with E-state index < -0.39 is 17.7 Å². The van der Waals surface area contributed by atoms with Crippen molar-refractivity contribution in [2.45, 2.75) is 18.9 Å². The van der Waals surface area contributed by atoms with E-state index >= 15 is 0 Å². The fraction of sp³-hybridized carbons (Fsp3) is 0.263. The molecule has 1 unspecified atom stereocenters. The molecule has 0 aliphatic rings. The average Bonchev–Trinajstić information content (AvgIpc) is 3.21. The van der Waals surface area contributed by atoms with Crippen molar-refractivity contribution in [3.05, 3.63) is 60.3 Å². The number of nitrogens with one attached hydrogen (secondary N) is 1. The van der Waals surface area contributed by atoms with E-state index in [1.165, 1.54) is 6.07 Å². The minimum Gasteiger partial charge on any atom is -0.491 e. The van der Waals surface area contributed by atoms with E-state index in [4.69, 9.17) is 9.26 Å². The second-order valence-corrected chi connectivity index (χ2v) is 6.10. The van der Waals surface area contributed by atoms with Crippen LogP contribution in [0.4, 0.5) is 8.78 Å². The number of aliphatic hydroxyl groups is 1. The van der Waals surface area contributed by atoms with Gasteiger partial charge in [-0.05, 0) is 24.3 Å². The number of aryl methyl sites for hydroxylation is 1. The molecular formula is C19H18F2N4O4. The van der Waals surface area contributed by atoms with Crippen molar-refractivity contribution in [2.75, 3.05) is 13.2 Å². The first kappa shape index (κ1) is 20.3. The highest BCUT2D eigenvalue weighted by molar-refractivity contribution is 5.76. The molecule has 0 fully saturated rings. The molecule has 0 aliphatic carbocycles. The smallest absolute Gasteiger partial charge is 0.227 e. The fourth-order valence-corrected chi connectivity index (χ4v) is 2.33. The van der Waals surface area contributed by atoms with Crippen molar-refractivity contribution in [1.29, 1.82) is 0 Å². The molecule has 1 amide bonds. The Morgan fingerprint density at radius 2 is 2.14 bits per heavy atom. The van der Waals surface area contributed by atoms with Gasteiger partial charge in [-0.3, -0.25) is 9.78 Å². The molecular weight excluding hydrogens is 386 g/mol. The maximum Gasteiger partial charge on any atom is 0.227 e. The predicted molar refractivity (Wildman–Crippen MR) is 96.7 cm³/mol. The third-order valence-corrected chi connectivity index (χ3v) is 3.82. The molecule has 2 heterocycles. The van der Waals surface area contributed by atoms with Crippen LogP contribution in [-0.2, 0) is 11.2 Å². The molecule has 3 rings (SSSR count). The molecule has 0 radical (unpaired) electrons. The van der Waals surface area contributed by atoms with Gasteiger partial charge in [0.05, 0.1) is 0 Å². The molecule has 0 spiro atoms. The largest absolute Gasteiger partial charge is 0.491 e.